The van der Waals surface area contributed by atoms with Crippen molar-refractivity contribution in [2.75, 3.05) is 13.2 Å². The highest BCUT2D eigenvalue weighted by Crippen LogP contribution is 2.23. The van der Waals surface area contributed by atoms with Gasteiger partial charge < -0.3 is 9.47 Å². The van der Waals surface area contributed by atoms with E-state index in [9.17, 15) is 4.79 Å². The van der Waals surface area contributed by atoms with Gasteiger partial charge in [0, 0.05) is 5.02 Å². The number of halogens is 1. The standard InChI is InChI=1S/C21H17ClO3/c22-19-8-11-21(18(14-19)15-23)25-13-12-24-20-9-6-17(7-10-20)16-4-2-1-3-5-16/h1-11,14-15H,12-13H2. The van der Waals surface area contributed by atoms with Gasteiger partial charge in [0.05, 0.1) is 5.56 Å². The van der Waals surface area contributed by atoms with Crippen LogP contribution < -0.4 is 9.47 Å². The Morgan fingerprint density at radius 2 is 1.48 bits per heavy atom. The predicted molar refractivity (Wildman–Crippen MR) is 99.7 cm³/mol. The second-order valence-electron chi connectivity index (χ2n) is 5.39. The van der Waals surface area contributed by atoms with Crippen LogP contribution in [0.2, 0.25) is 5.02 Å². The Hall–Kier alpha value is -2.78. The number of hydrogen-bond acceptors (Lipinski definition) is 3. The van der Waals surface area contributed by atoms with Crippen molar-refractivity contribution in [1.82, 2.24) is 0 Å². The van der Waals surface area contributed by atoms with E-state index in [1.165, 1.54) is 5.56 Å². The third kappa shape index (κ3) is 4.61. The van der Waals surface area contributed by atoms with Gasteiger partial charge in [-0.15, -0.1) is 0 Å². The molecule has 3 nitrogen and oxygen atoms in total. The maximum Gasteiger partial charge on any atom is 0.153 e. The number of aldehydes is 1. The third-order valence-corrected chi connectivity index (χ3v) is 3.90. The van der Waals surface area contributed by atoms with Gasteiger partial charge in [-0.1, -0.05) is 54.1 Å². The molecule has 0 amide bonds. The third-order valence-electron chi connectivity index (χ3n) is 3.67. The number of rotatable bonds is 7. The highest BCUT2D eigenvalue weighted by molar-refractivity contribution is 6.30. The molecule has 4 heteroatoms. The van der Waals surface area contributed by atoms with Crippen LogP contribution in [0, 0.1) is 0 Å². The molecule has 3 rings (SSSR count). The fraction of sp³-hybridized carbons (Fsp3) is 0.0952. The largest absolute Gasteiger partial charge is 0.490 e. The van der Waals surface area contributed by atoms with Gasteiger partial charge in [0.25, 0.3) is 0 Å². The second kappa shape index (κ2) is 8.36. The van der Waals surface area contributed by atoms with Crippen LogP contribution in [0.3, 0.4) is 0 Å². The van der Waals surface area contributed by atoms with Crippen molar-refractivity contribution in [2.24, 2.45) is 0 Å². The van der Waals surface area contributed by atoms with Gasteiger partial charge in [-0.05, 0) is 41.5 Å². The molecule has 0 aliphatic rings. The molecule has 0 N–H and O–H groups in total. The van der Waals surface area contributed by atoms with Crippen molar-refractivity contribution in [3.63, 3.8) is 0 Å². The first-order valence-corrected chi connectivity index (χ1v) is 8.30. The predicted octanol–water partition coefficient (Wildman–Crippen LogP) is 5.28. The minimum Gasteiger partial charge on any atom is -0.490 e. The zero-order chi connectivity index (χ0) is 17.5. The summed E-state index contributed by atoms with van der Waals surface area (Å²) in [4.78, 5) is 11.0. The Morgan fingerprint density at radius 3 is 2.20 bits per heavy atom. The van der Waals surface area contributed by atoms with E-state index in [0.717, 1.165) is 17.6 Å². The minimum absolute atomic E-state index is 0.336. The topological polar surface area (TPSA) is 35.5 Å². The number of hydrogen-bond donors (Lipinski definition) is 0. The number of carbonyl (C=O) groups excluding carboxylic acids is 1. The first-order valence-electron chi connectivity index (χ1n) is 7.92. The van der Waals surface area contributed by atoms with Crippen LogP contribution >= 0.6 is 11.6 Å². The average molecular weight is 353 g/mol. The van der Waals surface area contributed by atoms with Gasteiger partial charge >= 0.3 is 0 Å². The summed E-state index contributed by atoms with van der Waals surface area (Å²) < 4.78 is 11.3. The smallest absolute Gasteiger partial charge is 0.153 e. The lowest BCUT2D eigenvalue weighted by Crippen LogP contribution is -2.09. The summed E-state index contributed by atoms with van der Waals surface area (Å²) in [5, 5.41) is 0.504. The molecule has 0 atom stereocenters. The molecule has 0 saturated heterocycles. The Morgan fingerprint density at radius 1 is 0.800 bits per heavy atom. The van der Waals surface area contributed by atoms with Crippen molar-refractivity contribution in [1.29, 1.82) is 0 Å². The fourth-order valence-corrected chi connectivity index (χ4v) is 2.61. The average Bonchev–Trinajstić information content (AvgIpc) is 2.67. The first-order chi connectivity index (χ1) is 12.3. The van der Waals surface area contributed by atoms with Crippen LogP contribution in [0.4, 0.5) is 0 Å². The van der Waals surface area contributed by atoms with Gasteiger partial charge in [-0.2, -0.15) is 0 Å². The summed E-state index contributed by atoms with van der Waals surface area (Å²) in [6.07, 6.45) is 0.727. The molecule has 0 aliphatic heterocycles. The second-order valence-corrected chi connectivity index (χ2v) is 5.82. The van der Waals surface area contributed by atoms with E-state index in [-0.39, 0.29) is 0 Å². The minimum atomic E-state index is 0.336. The van der Waals surface area contributed by atoms with Crippen LogP contribution in [-0.2, 0) is 0 Å². The molecular weight excluding hydrogens is 336 g/mol. The maximum absolute atomic E-state index is 11.0. The van der Waals surface area contributed by atoms with E-state index < -0.39 is 0 Å². The zero-order valence-electron chi connectivity index (χ0n) is 13.5. The maximum atomic E-state index is 11.0. The molecule has 0 heterocycles. The van der Waals surface area contributed by atoms with E-state index in [0.29, 0.717) is 29.5 Å². The van der Waals surface area contributed by atoms with Crippen molar-refractivity contribution in [2.45, 2.75) is 0 Å². The van der Waals surface area contributed by atoms with Crippen LogP contribution in [0.5, 0.6) is 11.5 Å². The van der Waals surface area contributed by atoms with Gasteiger partial charge in [0.2, 0.25) is 0 Å². The fourth-order valence-electron chi connectivity index (χ4n) is 2.43. The lowest BCUT2D eigenvalue weighted by Gasteiger charge is -2.10. The Balaban J connectivity index is 1.52. The molecule has 0 aliphatic carbocycles. The number of carbonyl (C=O) groups is 1. The highest BCUT2D eigenvalue weighted by Gasteiger charge is 2.04. The summed E-state index contributed by atoms with van der Waals surface area (Å²) >= 11 is 5.85. The molecular formula is C21H17ClO3. The lowest BCUT2D eigenvalue weighted by molar-refractivity contribution is 0.111. The highest BCUT2D eigenvalue weighted by atomic mass is 35.5. The molecule has 0 bridgehead atoms. The van der Waals surface area contributed by atoms with E-state index in [1.54, 1.807) is 18.2 Å². The zero-order valence-corrected chi connectivity index (χ0v) is 14.3. The van der Waals surface area contributed by atoms with Crippen LogP contribution in [0.1, 0.15) is 10.4 Å². The normalized spacial score (nSPS) is 10.3. The SMILES string of the molecule is O=Cc1cc(Cl)ccc1OCCOc1ccc(-c2ccccc2)cc1. The molecule has 0 radical (unpaired) electrons. The Kier molecular flexibility index (Phi) is 5.70. The summed E-state index contributed by atoms with van der Waals surface area (Å²) in [5.41, 5.74) is 2.74. The molecule has 0 unspecified atom stereocenters. The van der Waals surface area contributed by atoms with Gasteiger partial charge in [-0.25, -0.2) is 0 Å². The van der Waals surface area contributed by atoms with Crippen molar-refractivity contribution in [3.05, 3.63) is 83.4 Å². The molecule has 0 aromatic heterocycles. The van der Waals surface area contributed by atoms with Crippen LogP contribution in [0.15, 0.2) is 72.8 Å². The van der Waals surface area contributed by atoms with E-state index in [4.69, 9.17) is 21.1 Å². The summed E-state index contributed by atoms with van der Waals surface area (Å²) in [6.45, 7) is 0.717. The summed E-state index contributed by atoms with van der Waals surface area (Å²) in [7, 11) is 0. The molecule has 3 aromatic carbocycles. The van der Waals surface area contributed by atoms with Crippen LogP contribution in [0.25, 0.3) is 11.1 Å². The molecule has 0 fully saturated rings. The summed E-state index contributed by atoms with van der Waals surface area (Å²) in [5.74, 6) is 1.28. The van der Waals surface area contributed by atoms with Gasteiger partial charge in [0.15, 0.2) is 6.29 Å². The van der Waals surface area contributed by atoms with E-state index in [1.807, 2.05) is 42.5 Å². The quantitative estimate of drug-likeness (QED) is 0.429. The molecule has 3 aromatic rings. The lowest BCUT2D eigenvalue weighted by atomic mass is 10.1. The molecule has 25 heavy (non-hydrogen) atoms. The van der Waals surface area contributed by atoms with Crippen molar-refractivity contribution in [3.8, 4) is 22.6 Å². The first kappa shape index (κ1) is 17.1. The van der Waals surface area contributed by atoms with Crippen LogP contribution in [-0.4, -0.2) is 19.5 Å². The molecule has 126 valence electrons. The number of benzene rings is 3. The van der Waals surface area contributed by atoms with Gasteiger partial charge in [0.1, 0.15) is 24.7 Å². The Labute approximate surface area is 151 Å². The summed E-state index contributed by atoms with van der Waals surface area (Å²) in [6, 6.07) is 23.0. The van der Waals surface area contributed by atoms with Gasteiger partial charge in [-0.3, -0.25) is 4.79 Å². The number of ether oxygens (including phenoxy) is 2. The van der Waals surface area contributed by atoms with E-state index in [2.05, 4.69) is 12.1 Å². The molecule has 0 spiro atoms. The van der Waals surface area contributed by atoms with Crippen molar-refractivity contribution < 1.29 is 14.3 Å². The Bertz CT molecular complexity index is 830. The molecule has 0 saturated carbocycles. The van der Waals surface area contributed by atoms with E-state index >= 15 is 0 Å². The van der Waals surface area contributed by atoms with Crippen molar-refractivity contribution >= 4 is 17.9 Å². The monoisotopic (exact) mass is 352 g/mol.